The van der Waals surface area contributed by atoms with Crippen LogP contribution in [0.1, 0.15) is 0 Å². The van der Waals surface area contributed by atoms with Crippen molar-refractivity contribution in [2.75, 3.05) is 0 Å². The first kappa shape index (κ1) is 26.4. The molecule has 0 atom stereocenters. The molecule has 8 aromatic rings. The van der Waals surface area contributed by atoms with Gasteiger partial charge in [0.25, 0.3) is 0 Å². The number of fused-ring (bicyclic) bond motifs is 3. The number of benzene rings is 7. The normalized spacial score (nSPS) is 11.3. The van der Waals surface area contributed by atoms with Crippen molar-refractivity contribution in [1.82, 2.24) is 4.57 Å². The molecule has 0 fully saturated rings. The Bertz CT molecular complexity index is 2280. The minimum Gasteiger partial charge on any atom is -0.309 e. The van der Waals surface area contributed by atoms with Crippen molar-refractivity contribution in [3.63, 3.8) is 0 Å². The average molecular weight is 627 g/mol. The number of para-hydroxylation sites is 1. The van der Waals surface area contributed by atoms with Gasteiger partial charge in [-0.3, -0.25) is 0 Å². The predicted octanol–water partition coefficient (Wildman–Crippen LogP) is 12.2. The van der Waals surface area contributed by atoms with Gasteiger partial charge in [-0.1, -0.05) is 149 Å². The van der Waals surface area contributed by atoms with Crippen LogP contribution in [0.2, 0.25) is 0 Å². The third kappa shape index (κ3) is 4.74. The SMILES string of the molecule is Brc1cccc(-c2ccc(-c3ccc4c5ccccc5n(-c5cccc(-c6ccccc6-c6ccccc6)c5)c4c3)cc2)c1. The molecule has 1 heterocycles. The first-order valence-corrected chi connectivity index (χ1v) is 15.7. The summed E-state index contributed by atoms with van der Waals surface area (Å²) in [5.41, 5.74) is 13.3. The molecule has 2 heteroatoms. The van der Waals surface area contributed by atoms with Gasteiger partial charge in [0.2, 0.25) is 0 Å². The highest BCUT2D eigenvalue weighted by molar-refractivity contribution is 9.10. The van der Waals surface area contributed by atoms with Crippen LogP contribution >= 0.6 is 15.9 Å². The topological polar surface area (TPSA) is 4.93 Å². The Kier molecular flexibility index (Phi) is 6.70. The summed E-state index contributed by atoms with van der Waals surface area (Å²) in [5.74, 6) is 0. The van der Waals surface area contributed by atoms with E-state index in [1.165, 1.54) is 66.3 Å². The van der Waals surface area contributed by atoms with Crippen molar-refractivity contribution < 1.29 is 0 Å². The Morgan fingerprint density at radius 1 is 0.341 bits per heavy atom. The highest BCUT2D eigenvalue weighted by Crippen LogP contribution is 2.38. The van der Waals surface area contributed by atoms with Crippen LogP contribution in [0.5, 0.6) is 0 Å². The smallest absolute Gasteiger partial charge is 0.0547 e. The van der Waals surface area contributed by atoms with Crippen molar-refractivity contribution in [3.8, 4) is 50.2 Å². The zero-order valence-corrected chi connectivity index (χ0v) is 25.6. The maximum absolute atomic E-state index is 3.60. The summed E-state index contributed by atoms with van der Waals surface area (Å²) in [7, 11) is 0. The first-order chi connectivity index (χ1) is 21.7. The monoisotopic (exact) mass is 625 g/mol. The molecule has 0 aliphatic rings. The Morgan fingerprint density at radius 3 is 1.68 bits per heavy atom. The molecule has 1 nitrogen and oxygen atoms in total. The Labute approximate surface area is 265 Å². The van der Waals surface area contributed by atoms with Crippen LogP contribution in [-0.2, 0) is 0 Å². The van der Waals surface area contributed by atoms with Gasteiger partial charge in [0.05, 0.1) is 11.0 Å². The van der Waals surface area contributed by atoms with Gasteiger partial charge in [-0.25, -0.2) is 0 Å². The second kappa shape index (κ2) is 11.1. The van der Waals surface area contributed by atoms with E-state index in [1.54, 1.807) is 0 Å². The molecule has 0 saturated heterocycles. The van der Waals surface area contributed by atoms with E-state index in [0.717, 1.165) is 10.2 Å². The Hall–Kier alpha value is -5.18. The van der Waals surface area contributed by atoms with E-state index in [-0.39, 0.29) is 0 Å². The fraction of sp³-hybridized carbons (Fsp3) is 0. The highest BCUT2D eigenvalue weighted by atomic mass is 79.9. The van der Waals surface area contributed by atoms with Gasteiger partial charge in [-0.2, -0.15) is 0 Å². The molecular formula is C42H28BrN. The lowest BCUT2D eigenvalue weighted by molar-refractivity contribution is 1.18. The molecule has 0 N–H and O–H groups in total. The number of hydrogen-bond donors (Lipinski definition) is 0. The molecule has 0 radical (unpaired) electrons. The van der Waals surface area contributed by atoms with E-state index in [0.29, 0.717) is 0 Å². The maximum atomic E-state index is 3.60. The summed E-state index contributed by atoms with van der Waals surface area (Å²) < 4.78 is 3.50. The Balaban J connectivity index is 1.26. The fourth-order valence-electron chi connectivity index (χ4n) is 6.37. The van der Waals surface area contributed by atoms with Crippen molar-refractivity contribution in [1.29, 1.82) is 0 Å². The third-order valence-electron chi connectivity index (χ3n) is 8.48. The van der Waals surface area contributed by atoms with Crippen LogP contribution in [0, 0.1) is 0 Å². The van der Waals surface area contributed by atoms with Gasteiger partial charge in [0, 0.05) is 20.9 Å². The zero-order chi connectivity index (χ0) is 29.5. The summed E-state index contributed by atoms with van der Waals surface area (Å²) in [5, 5.41) is 2.51. The van der Waals surface area contributed by atoms with Gasteiger partial charge in [0.15, 0.2) is 0 Å². The lowest BCUT2D eigenvalue weighted by Crippen LogP contribution is -1.95. The lowest BCUT2D eigenvalue weighted by atomic mass is 9.94. The van der Waals surface area contributed by atoms with Crippen LogP contribution < -0.4 is 0 Å². The van der Waals surface area contributed by atoms with Crippen molar-refractivity contribution >= 4 is 37.7 Å². The number of rotatable bonds is 5. The minimum absolute atomic E-state index is 1.09. The van der Waals surface area contributed by atoms with Crippen LogP contribution in [0.4, 0.5) is 0 Å². The summed E-state index contributed by atoms with van der Waals surface area (Å²) in [6, 6.07) is 61.2. The van der Waals surface area contributed by atoms with Crippen LogP contribution in [-0.4, -0.2) is 4.57 Å². The summed E-state index contributed by atoms with van der Waals surface area (Å²) in [6.07, 6.45) is 0. The molecule has 0 unspecified atom stereocenters. The highest BCUT2D eigenvalue weighted by Gasteiger charge is 2.15. The zero-order valence-electron chi connectivity index (χ0n) is 24.0. The molecule has 0 amide bonds. The summed E-state index contributed by atoms with van der Waals surface area (Å²) >= 11 is 3.60. The second-order valence-electron chi connectivity index (χ2n) is 11.1. The molecule has 1 aromatic heterocycles. The van der Waals surface area contributed by atoms with Crippen molar-refractivity contribution in [2.24, 2.45) is 0 Å². The first-order valence-electron chi connectivity index (χ1n) is 14.9. The molecule has 0 aliphatic carbocycles. The summed E-state index contributed by atoms with van der Waals surface area (Å²) in [6.45, 7) is 0. The summed E-state index contributed by atoms with van der Waals surface area (Å²) in [4.78, 5) is 0. The number of hydrogen-bond acceptors (Lipinski definition) is 0. The van der Waals surface area contributed by atoms with E-state index in [4.69, 9.17) is 0 Å². The lowest BCUT2D eigenvalue weighted by Gasteiger charge is -2.14. The average Bonchev–Trinajstić information content (AvgIpc) is 3.42. The molecule has 0 aliphatic heterocycles. The van der Waals surface area contributed by atoms with Gasteiger partial charge in [-0.15, -0.1) is 0 Å². The molecule has 0 saturated carbocycles. The predicted molar refractivity (Wildman–Crippen MR) is 190 cm³/mol. The van der Waals surface area contributed by atoms with E-state index >= 15 is 0 Å². The van der Waals surface area contributed by atoms with Crippen molar-refractivity contribution in [3.05, 3.63) is 174 Å². The molecule has 0 bridgehead atoms. The maximum Gasteiger partial charge on any atom is 0.0547 e. The molecule has 7 aromatic carbocycles. The number of nitrogens with zero attached hydrogens (tertiary/aromatic N) is 1. The largest absolute Gasteiger partial charge is 0.309 e. The van der Waals surface area contributed by atoms with Gasteiger partial charge in [-0.05, 0) is 80.9 Å². The molecular weight excluding hydrogens is 598 g/mol. The van der Waals surface area contributed by atoms with Crippen molar-refractivity contribution in [2.45, 2.75) is 0 Å². The van der Waals surface area contributed by atoms with E-state index in [9.17, 15) is 0 Å². The fourth-order valence-corrected chi connectivity index (χ4v) is 6.77. The van der Waals surface area contributed by atoms with Crippen LogP contribution in [0.3, 0.4) is 0 Å². The molecule has 8 rings (SSSR count). The standard InChI is InChI=1S/C42H28BrN/c43-35-14-8-12-32(26-35)29-20-22-30(23-21-29)33-24-25-40-39-18-6-7-19-41(39)44(42(40)28-33)36-15-9-13-34(27-36)38-17-5-4-16-37(38)31-10-2-1-3-11-31/h1-28H. The van der Waals surface area contributed by atoms with E-state index < -0.39 is 0 Å². The van der Waals surface area contributed by atoms with Gasteiger partial charge in [0.1, 0.15) is 0 Å². The molecule has 44 heavy (non-hydrogen) atoms. The second-order valence-corrected chi connectivity index (χ2v) is 12.0. The third-order valence-corrected chi connectivity index (χ3v) is 8.97. The Morgan fingerprint density at radius 2 is 0.909 bits per heavy atom. The number of halogens is 1. The van der Waals surface area contributed by atoms with E-state index in [2.05, 4.69) is 190 Å². The van der Waals surface area contributed by atoms with Gasteiger partial charge >= 0.3 is 0 Å². The molecule has 208 valence electrons. The quantitative estimate of drug-likeness (QED) is 0.179. The van der Waals surface area contributed by atoms with E-state index in [1.807, 2.05) is 0 Å². The molecule has 0 spiro atoms. The number of aromatic nitrogens is 1. The van der Waals surface area contributed by atoms with Crippen LogP contribution in [0.25, 0.3) is 72.0 Å². The minimum atomic E-state index is 1.09. The van der Waals surface area contributed by atoms with Crippen LogP contribution in [0.15, 0.2) is 174 Å². The van der Waals surface area contributed by atoms with Gasteiger partial charge < -0.3 is 4.57 Å².